The van der Waals surface area contributed by atoms with Gasteiger partial charge in [-0.25, -0.2) is 0 Å². The molecule has 0 aromatic carbocycles. The zero-order valence-corrected chi connectivity index (χ0v) is 6.00. The van der Waals surface area contributed by atoms with Crippen molar-refractivity contribution in [2.75, 3.05) is 13.6 Å². The zero-order valence-electron chi connectivity index (χ0n) is 5.18. The number of carbonyl (C=O) groups is 1. The van der Waals surface area contributed by atoms with E-state index in [9.17, 15) is 9.00 Å². The average molecular weight is 169 g/mol. The average Bonchev–Trinajstić information content (AvgIpc) is 1.58. The molecule has 0 spiro atoms. The second-order valence-corrected chi connectivity index (χ2v) is 2.05. The Labute approximate surface area is 59.8 Å². The SMILES string of the molecule is CN(CC(=O)O)OS(=O)O. The van der Waals surface area contributed by atoms with E-state index < -0.39 is 23.9 Å². The Hall–Kier alpha value is -0.500. The van der Waals surface area contributed by atoms with Crippen molar-refractivity contribution in [3.8, 4) is 0 Å². The maximum absolute atomic E-state index is 9.89. The lowest BCUT2D eigenvalue weighted by Crippen LogP contribution is -2.26. The molecule has 0 aliphatic carbocycles. The third kappa shape index (κ3) is 5.63. The van der Waals surface area contributed by atoms with Crippen LogP contribution in [-0.2, 0) is 20.4 Å². The number of likely N-dealkylation sites (N-methyl/N-ethyl adjacent to an activating group) is 1. The summed E-state index contributed by atoms with van der Waals surface area (Å²) in [5.74, 6) is -1.13. The number of aliphatic carboxylic acids is 1. The molecule has 0 saturated heterocycles. The van der Waals surface area contributed by atoms with Gasteiger partial charge in [0.15, 0.2) is 0 Å². The molecule has 60 valence electrons. The molecular weight excluding hydrogens is 162 g/mol. The molecule has 0 saturated carbocycles. The normalized spacial score (nSPS) is 13.5. The summed E-state index contributed by atoms with van der Waals surface area (Å²) in [5.41, 5.74) is 0. The highest BCUT2D eigenvalue weighted by Crippen LogP contribution is 1.86. The fourth-order valence-electron chi connectivity index (χ4n) is 0.326. The first-order chi connectivity index (χ1) is 4.52. The number of hydrogen-bond acceptors (Lipinski definition) is 4. The predicted octanol–water partition coefficient (Wildman–Crippen LogP) is -0.929. The summed E-state index contributed by atoms with van der Waals surface area (Å²) in [6, 6.07) is 0. The summed E-state index contributed by atoms with van der Waals surface area (Å²) in [6.45, 7) is -0.438. The van der Waals surface area contributed by atoms with E-state index in [1.54, 1.807) is 0 Å². The molecule has 1 atom stereocenters. The fourth-order valence-corrected chi connectivity index (χ4v) is 0.596. The van der Waals surface area contributed by atoms with Crippen LogP contribution in [0.3, 0.4) is 0 Å². The van der Waals surface area contributed by atoms with E-state index in [0.29, 0.717) is 0 Å². The quantitative estimate of drug-likeness (QED) is 0.417. The third-order valence-electron chi connectivity index (χ3n) is 0.549. The van der Waals surface area contributed by atoms with Gasteiger partial charge in [-0.15, -0.1) is 0 Å². The Balaban J connectivity index is 3.53. The van der Waals surface area contributed by atoms with E-state index in [-0.39, 0.29) is 0 Å². The molecule has 0 aromatic rings. The van der Waals surface area contributed by atoms with Crippen LogP contribution in [-0.4, -0.2) is 38.5 Å². The molecule has 2 N–H and O–H groups in total. The van der Waals surface area contributed by atoms with Crippen molar-refractivity contribution in [2.45, 2.75) is 0 Å². The molecule has 0 radical (unpaired) electrons. The summed E-state index contributed by atoms with van der Waals surface area (Å²) in [7, 11) is 1.24. The molecule has 0 aromatic heterocycles. The molecule has 0 fully saturated rings. The minimum atomic E-state index is -2.45. The molecule has 0 aliphatic heterocycles. The van der Waals surface area contributed by atoms with Crippen LogP contribution >= 0.6 is 0 Å². The van der Waals surface area contributed by atoms with Crippen LogP contribution < -0.4 is 0 Å². The van der Waals surface area contributed by atoms with Gasteiger partial charge in [0.05, 0.1) is 0 Å². The van der Waals surface area contributed by atoms with E-state index in [1.165, 1.54) is 7.05 Å². The highest BCUT2D eigenvalue weighted by molar-refractivity contribution is 7.74. The van der Waals surface area contributed by atoms with Gasteiger partial charge in [-0.05, 0) is 0 Å². The number of hydrogen-bond donors (Lipinski definition) is 2. The van der Waals surface area contributed by atoms with Gasteiger partial charge in [0, 0.05) is 7.05 Å². The molecule has 0 bridgehead atoms. The molecule has 6 nitrogen and oxygen atoms in total. The lowest BCUT2D eigenvalue weighted by atomic mass is 10.7. The van der Waals surface area contributed by atoms with E-state index >= 15 is 0 Å². The Morgan fingerprint density at radius 1 is 1.80 bits per heavy atom. The first kappa shape index (κ1) is 9.50. The maximum atomic E-state index is 9.89. The Kier molecular flexibility index (Phi) is 4.12. The fraction of sp³-hybridized carbons (Fsp3) is 0.667. The Morgan fingerprint density at radius 2 is 2.30 bits per heavy atom. The molecule has 1 unspecified atom stereocenters. The number of rotatable bonds is 4. The van der Waals surface area contributed by atoms with Gasteiger partial charge in [0.25, 0.3) is 0 Å². The molecule has 0 rings (SSSR count). The summed E-state index contributed by atoms with van der Waals surface area (Å²) in [4.78, 5) is 9.89. The van der Waals surface area contributed by atoms with Crippen molar-refractivity contribution in [3.63, 3.8) is 0 Å². The molecule has 0 amide bonds. The van der Waals surface area contributed by atoms with Crippen molar-refractivity contribution in [1.82, 2.24) is 5.06 Å². The number of carboxylic acid groups (broad SMARTS) is 1. The maximum Gasteiger partial charge on any atom is 0.320 e. The van der Waals surface area contributed by atoms with E-state index in [0.717, 1.165) is 5.06 Å². The van der Waals surface area contributed by atoms with Crippen molar-refractivity contribution in [2.24, 2.45) is 0 Å². The van der Waals surface area contributed by atoms with Crippen molar-refractivity contribution in [1.29, 1.82) is 0 Å². The van der Waals surface area contributed by atoms with Crippen LogP contribution in [0.4, 0.5) is 0 Å². The van der Waals surface area contributed by atoms with Crippen LogP contribution in [0.1, 0.15) is 0 Å². The van der Waals surface area contributed by atoms with Crippen LogP contribution in [0.5, 0.6) is 0 Å². The summed E-state index contributed by atoms with van der Waals surface area (Å²) < 4.78 is 21.9. The number of carboxylic acids is 1. The highest BCUT2D eigenvalue weighted by Gasteiger charge is 2.06. The van der Waals surface area contributed by atoms with Crippen molar-refractivity contribution < 1.29 is 22.9 Å². The van der Waals surface area contributed by atoms with Gasteiger partial charge in [0.2, 0.25) is 0 Å². The summed E-state index contributed by atoms with van der Waals surface area (Å²) in [6.07, 6.45) is 0. The van der Waals surface area contributed by atoms with Gasteiger partial charge in [0.1, 0.15) is 6.54 Å². The third-order valence-corrected chi connectivity index (χ3v) is 0.931. The summed E-state index contributed by atoms with van der Waals surface area (Å²) >= 11 is -2.45. The topological polar surface area (TPSA) is 87.1 Å². The second kappa shape index (κ2) is 4.34. The van der Waals surface area contributed by atoms with Crippen LogP contribution in [0, 0.1) is 0 Å². The molecule has 7 heteroatoms. The summed E-state index contributed by atoms with van der Waals surface area (Å²) in [5, 5.41) is 8.84. The number of nitrogens with zero attached hydrogens (tertiary/aromatic N) is 1. The van der Waals surface area contributed by atoms with Gasteiger partial charge < -0.3 is 5.11 Å². The highest BCUT2D eigenvalue weighted by atomic mass is 32.2. The Bertz CT molecular complexity index is 132. The van der Waals surface area contributed by atoms with E-state index in [1.807, 2.05) is 0 Å². The predicted molar refractivity (Wildman–Crippen MR) is 32.1 cm³/mol. The van der Waals surface area contributed by atoms with Crippen LogP contribution in [0.25, 0.3) is 0 Å². The lowest BCUT2D eigenvalue weighted by molar-refractivity contribution is -0.145. The zero-order chi connectivity index (χ0) is 8.15. The smallest absolute Gasteiger partial charge is 0.320 e. The molecule has 10 heavy (non-hydrogen) atoms. The molecule has 0 aliphatic rings. The first-order valence-electron chi connectivity index (χ1n) is 2.24. The lowest BCUT2D eigenvalue weighted by Gasteiger charge is -2.08. The van der Waals surface area contributed by atoms with E-state index in [4.69, 9.17) is 9.66 Å². The largest absolute Gasteiger partial charge is 0.480 e. The van der Waals surface area contributed by atoms with Crippen LogP contribution in [0.15, 0.2) is 0 Å². The van der Waals surface area contributed by atoms with Crippen molar-refractivity contribution in [3.05, 3.63) is 0 Å². The monoisotopic (exact) mass is 169 g/mol. The van der Waals surface area contributed by atoms with Gasteiger partial charge >= 0.3 is 17.3 Å². The minimum Gasteiger partial charge on any atom is -0.480 e. The number of hydroxylamine groups is 2. The second-order valence-electron chi connectivity index (χ2n) is 1.47. The molecular formula is C3H7NO5S. The van der Waals surface area contributed by atoms with Crippen LogP contribution in [0.2, 0.25) is 0 Å². The first-order valence-corrected chi connectivity index (χ1v) is 3.28. The van der Waals surface area contributed by atoms with Gasteiger partial charge in [-0.3, -0.25) is 9.35 Å². The minimum absolute atomic E-state index is 0.438. The Morgan fingerprint density at radius 3 is 2.60 bits per heavy atom. The van der Waals surface area contributed by atoms with E-state index in [2.05, 4.69) is 4.28 Å². The van der Waals surface area contributed by atoms with Gasteiger partial charge in [-0.1, -0.05) is 0 Å². The van der Waals surface area contributed by atoms with Gasteiger partial charge in [-0.2, -0.15) is 13.6 Å². The van der Waals surface area contributed by atoms with Crippen molar-refractivity contribution >= 4 is 17.3 Å². The molecule has 0 heterocycles. The standard InChI is InChI=1S/C3H7NO5S/c1-4(2-3(5)6)9-10(7)8/h2H2,1H3,(H,5,6)(H,7,8).